The Kier molecular flexibility index (Phi) is 3.24. The molecular weight excluding hydrogens is 252 g/mol. The minimum absolute atomic E-state index is 0.247. The summed E-state index contributed by atoms with van der Waals surface area (Å²) in [6.45, 7) is 0. The Hall–Kier alpha value is -2.95. The van der Waals surface area contributed by atoms with Crippen molar-refractivity contribution in [2.45, 2.75) is 0 Å². The van der Waals surface area contributed by atoms with Gasteiger partial charge in [-0.25, -0.2) is 10.4 Å². The van der Waals surface area contributed by atoms with Gasteiger partial charge in [-0.05, 0) is 17.7 Å². The van der Waals surface area contributed by atoms with E-state index in [0.717, 1.165) is 16.6 Å². The van der Waals surface area contributed by atoms with Gasteiger partial charge in [-0.3, -0.25) is 4.79 Å². The average molecular weight is 264 g/mol. The number of aromatic nitrogens is 2. The minimum atomic E-state index is -0.367. The molecule has 0 saturated heterocycles. The van der Waals surface area contributed by atoms with Crippen LogP contribution in [0.4, 0.5) is 0 Å². The normalized spacial score (nSPS) is 11.0. The number of nitrogens with one attached hydrogen (secondary N) is 2. The molecule has 0 aliphatic heterocycles. The molecule has 3 rings (SSSR count). The molecule has 0 radical (unpaired) electrons. The molecule has 1 amide bonds. The zero-order valence-electron chi connectivity index (χ0n) is 10.6. The molecule has 0 saturated carbocycles. The van der Waals surface area contributed by atoms with Crippen LogP contribution in [0.3, 0.4) is 0 Å². The summed E-state index contributed by atoms with van der Waals surface area (Å²) in [7, 11) is 0. The van der Waals surface area contributed by atoms with Gasteiger partial charge in [0.1, 0.15) is 0 Å². The van der Waals surface area contributed by atoms with E-state index in [-0.39, 0.29) is 11.7 Å². The number of H-pyrrole nitrogens is 1. The summed E-state index contributed by atoms with van der Waals surface area (Å²) in [4.78, 5) is 19.0. The Morgan fingerprint density at radius 3 is 2.65 bits per heavy atom. The second kappa shape index (κ2) is 5.36. The van der Waals surface area contributed by atoms with E-state index in [1.54, 1.807) is 6.21 Å². The summed E-state index contributed by atoms with van der Waals surface area (Å²) < 4.78 is 0. The van der Waals surface area contributed by atoms with Gasteiger partial charge < -0.3 is 4.98 Å². The molecule has 20 heavy (non-hydrogen) atoms. The van der Waals surface area contributed by atoms with Crippen LogP contribution in [0.15, 0.2) is 59.7 Å². The quantitative estimate of drug-likeness (QED) is 0.563. The fourth-order valence-electron chi connectivity index (χ4n) is 1.82. The first-order valence-electron chi connectivity index (χ1n) is 6.16. The lowest BCUT2D eigenvalue weighted by molar-refractivity contribution is 0.0946. The van der Waals surface area contributed by atoms with Crippen molar-refractivity contribution in [3.8, 4) is 0 Å². The molecular formula is C15H12N4O. The molecule has 0 unspecified atom stereocenters. The molecule has 1 aromatic heterocycles. The highest BCUT2D eigenvalue weighted by atomic mass is 16.2. The number of hydrogen-bond acceptors (Lipinski definition) is 3. The van der Waals surface area contributed by atoms with Crippen LogP contribution >= 0.6 is 0 Å². The summed E-state index contributed by atoms with van der Waals surface area (Å²) in [5.41, 5.74) is 4.94. The number of carbonyl (C=O) groups is 1. The fraction of sp³-hybridized carbons (Fsp3) is 0. The van der Waals surface area contributed by atoms with Crippen LogP contribution in [0.25, 0.3) is 11.0 Å². The number of fused-ring (bicyclic) bond motifs is 1. The number of hydrazone groups is 1. The first-order chi connectivity index (χ1) is 9.83. The van der Waals surface area contributed by atoms with Gasteiger partial charge in [0.2, 0.25) is 0 Å². The van der Waals surface area contributed by atoms with E-state index < -0.39 is 0 Å². The number of carbonyl (C=O) groups excluding carboxylic acids is 1. The SMILES string of the molecule is O=C(N/N=C/c1ccccc1)c1nc2ccccc2[nH]1. The number of imidazole rings is 1. The molecule has 0 atom stereocenters. The van der Waals surface area contributed by atoms with Crippen molar-refractivity contribution in [2.24, 2.45) is 5.10 Å². The number of hydrogen-bond donors (Lipinski definition) is 2. The van der Waals surface area contributed by atoms with Crippen molar-refractivity contribution in [1.29, 1.82) is 0 Å². The molecule has 0 aliphatic carbocycles. The molecule has 98 valence electrons. The van der Waals surface area contributed by atoms with E-state index in [1.807, 2.05) is 54.6 Å². The second-order valence-electron chi connectivity index (χ2n) is 4.21. The number of rotatable bonds is 3. The van der Waals surface area contributed by atoms with E-state index in [1.165, 1.54) is 0 Å². The van der Waals surface area contributed by atoms with Crippen LogP contribution < -0.4 is 5.43 Å². The number of aromatic amines is 1. The molecule has 2 aromatic carbocycles. The summed E-state index contributed by atoms with van der Waals surface area (Å²) in [6, 6.07) is 17.0. The molecule has 2 N–H and O–H groups in total. The van der Waals surface area contributed by atoms with Gasteiger partial charge in [0.25, 0.3) is 0 Å². The van der Waals surface area contributed by atoms with Crippen LogP contribution in [-0.2, 0) is 0 Å². The van der Waals surface area contributed by atoms with E-state index in [2.05, 4.69) is 20.5 Å². The van der Waals surface area contributed by atoms with Gasteiger partial charge in [0.15, 0.2) is 5.82 Å². The number of para-hydroxylation sites is 2. The Balaban J connectivity index is 1.71. The van der Waals surface area contributed by atoms with Gasteiger partial charge in [0, 0.05) is 0 Å². The molecule has 5 nitrogen and oxygen atoms in total. The number of nitrogens with zero attached hydrogens (tertiary/aromatic N) is 2. The van der Waals surface area contributed by atoms with Crippen molar-refractivity contribution in [3.63, 3.8) is 0 Å². The monoisotopic (exact) mass is 264 g/mol. The first kappa shape index (κ1) is 12.1. The Morgan fingerprint density at radius 2 is 1.85 bits per heavy atom. The topological polar surface area (TPSA) is 70.1 Å². The maximum absolute atomic E-state index is 11.9. The summed E-state index contributed by atoms with van der Waals surface area (Å²) in [5, 5.41) is 3.90. The Labute approximate surface area is 115 Å². The Morgan fingerprint density at radius 1 is 1.10 bits per heavy atom. The lowest BCUT2D eigenvalue weighted by Gasteiger charge is -1.95. The number of benzene rings is 2. The maximum atomic E-state index is 11.9. The largest absolute Gasteiger partial charge is 0.334 e. The Bertz CT molecular complexity index is 729. The van der Waals surface area contributed by atoms with E-state index >= 15 is 0 Å². The third-order valence-electron chi connectivity index (χ3n) is 2.78. The smallest absolute Gasteiger partial charge is 0.307 e. The van der Waals surface area contributed by atoms with Gasteiger partial charge in [-0.1, -0.05) is 42.5 Å². The molecule has 0 bridgehead atoms. The first-order valence-corrected chi connectivity index (χ1v) is 6.16. The highest BCUT2D eigenvalue weighted by molar-refractivity contribution is 5.94. The molecule has 5 heteroatoms. The lowest BCUT2D eigenvalue weighted by atomic mass is 10.2. The maximum Gasteiger partial charge on any atom is 0.307 e. The van der Waals surface area contributed by atoms with Crippen LogP contribution in [0, 0.1) is 0 Å². The van der Waals surface area contributed by atoms with E-state index in [4.69, 9.17) is 0 Å². The van der Waals surface area contributed by atoms with E-state index in [9.17, 15) is 4.79 Å². The van der Waals surface area contributed by atoms with Gasteiger partial charge in [-0.15, -0.1) is 0 Å². The zero-order chi connectivity index (χ0) is 13.8. The molecule has 0 spiro atoms. The van der Waals surface area contributed by atoms with Gasteiger partial charge >= 0.3 is 5.91 Å². The van der Waals surface area contributed by atoms with Crippen molar-refractivity contribution in [2.75, 3.05) is 0 Å². The van der Waals surface area contributed by atoms with Crippen molar-refractivity contribution >= 4 is 23.2 Å². The van der Waals surface area contributed by atoms with Gasteiger partial charge in [0.05, 0.1) is 17.2 Å². The molecule has 0 aliphatic rings. The lowest BCUT2D eigenvalue weighted by Crippen LogP contribution is -2.19. The highest BCUT2D eigenvalue weighted by Crippen LogP contribution is 2.09. The van der Waals surface area contributed by atoms with Crippen LogP contribution in [0.2, 0.25) is 0 Å². The second-order valence-corrected chi connectivity index (χ2v) is 4.21. The van der Waals surface area contributed by atoms with Crippen molar-refractivity contribution < 1.29 is 4.79 Å². The average Bonchev–Trinajstić information content (AvgIpc) is 2.92. The summed E-state index contributed by atoms with van der Waals surface area (Å²) >= 11 is 0. The molecule has 3 aromatic rings. The van der Waals surface area contributed by atoms with Crippen LogP contribution in [-0.4, -0.2) is 22.1 Å². The van der Waals surface area contributed by atoms with Crippen LogP contribution in [0.1, 0.15) is 16.2 Å². The van der Waals surface area contributed by atoms with Crippen molar-refractivity contribution in [1.82, 2.24) is 15.4 Å². The standard InChI is InChI=1S/C15H12N4O/c20-15(19-16-10-11-6-2-1-3-7-11)14-17-12-8-4-5-9-13(12)18-14/h1-10H,(H,17,18)(H,19,20)/b16-10+. The highest BCUT2D eigenvalue weighted by Gasteiger charge is 2.09. The fourth-order valence-corrected chi connectivity index (χ4v) is 1.82. The zero-order valence-corrected chi connectivity index (χ0v) is 10.6. The van der Waals surface area contributed by atoms with Crippen molar-refractivity contribution in [3.05, 3.63) is 66.0 Å². The summed E-state index contributed by atoms with van der Waals surface area (Å²) in [5.74, 6) is -0.121. The minimum Gasteiger partial charge on any atom is -0.334 e. The number of amides is 1. The third-order valence-corrected chi connectivity index (χ3v) is 2.78. The van der Waals surface area contributed by atoms with E-state index in [0.29, 0.717) is 0 Å². The molecule has 0 fully saturated rings. The summed E-state index contributed by atoms with van der Waals surface area (Å²) in [6.07, 6.45) is 1.58. The molecule has 1 heterocycles. The third kappa shape index (κ3) is 2.56. The predicted octanol–water partition coefficient (Wildman–Crippen LogP) is 2.33. The van der Waals surface area contributed by atoms with Crippen LogP contribution in [0.5, 0.6) is 0 Å². The predicted molar refractivity (Wildman–Crippen MR) is 77.6 cm³/mol. The van der Waals surface area contributed by atoms with Gasteiger partial charge in [-0.2, -0.15) is 5.10 Å².